The van der Waals surface area contributed by atoms with Gasteiger partial charge in [-0.05, 0) is 30.9 Å². The molecule has 2 aliphatic heterocycles. The average molecular weight is 433 g/mol. The van der Waals surface area contributed by atoms with Gasteiger partial charge < -0.3 is 9.42 Å². The van der Waals surface area contributed by atoms with Crippen molar-refractivity contribution in [3.63, 3.8) is 0 Å². The van der Waals surface area contributed by atoms with Crippen LogP contribution in [0.25, 0.3) is 11.3 Å². The first-order valence-corrected chi connectivity index (χ1v) is 11.9. The highest BCUT2D eigenvalue weighted by Gasteiger charge is 2.53. The molecule has 0 spiro atoms. The van der Waals surface area contributed by atoms with Crippen LogP contribution in [-0.4, -0.2) is 41.6 Å². The molecule has 2 fully saturated rings. The number of hydrogen-bond donors (Lipinski definition) is 0. The van der Waals surface area contributed by atoms with E-state index < -0.39 is 0 Å². The van der Waals surface area contributed by atoms with Crippen molar-refractivity contribution in [1.29, 1.82) is 0 Å². The third-order valence-electron chi connectivity index (χ3n) is 7.11. The Hall–Kier alpha value is -2.76. The summed E-state index contributed by atoms with van der Waals surface area (Å²) in [6, 6.07) is 10.0. The number of hydrogen-bond acceptors (Lipinski definition) is 5. The monoisotopic (exact) mass is 432 g/mol. The molecule has 1 saturated carbocycles. The fourth-order valence-corrected chi connectivity index (χ4v) is 5.71. The van der Waals surface area contributed by atoms with Gasteiger partial charge in [-0.15, -0.1) is 0 Å². The highest BCUT2D eigenvalue weighted by Crippen LogP contribution is 2.43. The first kappa shape index (κ1) is 21.1. The van der Waals surface area contributed by atoms with Gasteiger partial charge in [0.2, 0.25) is 0 Å². The molecule has 5 rings (SSSR count). The number of nitrogens with zero attached hydrogens (tertiary/aromatic N) is 4. The zero-order chi connectivity index (χ0) is 22.3. The standard InChI is InChI=1S/C26H32N4O2/c1-26(2,3)24-21-22(27-14-15-28-24)25(31)30(23(21)18-7-5-4-6-8-18)19-11-9-17(10-12-19)20-13-16-32-29-20/h9-13,16,18,21,23H,4-8,14-15H2,1-3H3. The van der Waals surface area contributed by atoms with Crippen molar-refractivity contribution < 1.29 is 9.32 Å². The van der Waals surface area contributed by atoms with Crippen molar-refractivity contribution in [2.45, 2.75) is 58.9 Å². The summed E-state index contributed by atoms with van der Waals surface area (Å²) in [5, 5.41) is 4.03. The lowest BCUT2D eigenvalue weighted by Gasteiger charge is -2.39. The summed E-state index contributed by atoms with van der Waals surface area (Å²) in [5.74, 6) is 0.494. The van der Waals surface area contributed by atoms with E-state index in [4.69, 9.17) is 14.5 Å². The second-order valence-electron chi connectivity index (χ2n) is 10.3. The normalized spacial score (nSPS) is 24.7. The Labute approximate surface area is 189 Å². The van der Waals surface area contributed by atoms with E-state index in [-0.39, 0.29) is 23.3 Å². The van der Waals surface area contributed by atoms with E-state index in [1.807, 2.05) is 35.2 Å². The lowest BCUT2D eigenvalue weighted by atomic mass is 9.72. The number of aromatic nitrogens is 1. The van der Waals surface area contributed by atoms with Crippen molar-refractivity contribution >= 4 is 23.0 Å². The van der Waals surface area contributed by atoms with Crippen molar-refractivity contribution in [1.82, 2.24) is 5.16 Å². The predicted octanol–water partition coefficient (Wildman–Crippen LogP) is 5.20. The van der Waals surface area contributed by atoms with E-state index in [1.165, 1.54) is 19.3 Å². The largest absolute Gasteiger partial charge is 0.364 e. The van der Waals surface area contributed by atoms with Crippen LogP contribution in [0.1, 0.15) is 52.9 Å². The summed E-state index contributed by atoms with van der Waals surface area (Å²) >= 11 is 0. The average Bonchev–Trinajstić information content (AvgIpc) is 3.34. The molecule has 6 heteroatoms. The van der Waals surface area contributed by atoms with Gasteiger partial charge in [0.05, 0.1) is 25.0 Å². The number of anilines is 1. The Kier molecular flexibility index (Phi) is 5.48. The molecule has 6 nitrogen and oxygen atoms in total. The molecular weight excluding hydrogens is 400 g/mol. The molecule has 3 aliphatic rings. The Balaban J connectivity index is 1.58. The summed E-state index contributed by atoms with van der Waals surface area (Å²) in [6.45, 7) is 7.91. The van der Waals surface area contributed by atoms with Crippen molar-refractivity contribution in [3.05, 3.63) is 36.6 Å². The molecule has 0 bridgehead atoms. The number of fused-ring (bicyclic) bond motifs is 1. The van der Waals surface area contributed by atoms with E-state index in [9.17, 15) is 4.79 Å². The second-order valence-corrected chi connectivity index (χ2v) is 10.3. The summed E-state index contributed by atoms with van der Waals surface area (Å²) < 4.78 is 4.99. The number of rotatable bonds is 3. The van der Waals surface area contributed by atoms with Gasteiger partial charge in [-0.25, -0.2) is 0 Å². The van der Waals surface area contributed by atoms with E-state index in [0.29, 0.717) is 24.7 Å². The fraction of sp³-hybridized carbons (Fsp3) is 0.538. The Bertz CT molecular complexity index is 1020. The molecule has 1 aromatic carbocycles. The molecule has 1 aromatic heterocycles. The summed E-state index contributed by atoms with van der Waals surface area (Å²) in [4.78, 5) is 25.7. The lowest BCUT2D eigenvalue weighted by molar-refractivity contribution is -0.112. The van der Waals surface area contributed by atoms with Gasteiger partial charge in [0.25, 0.3) is 5.91 Å². The van der Waals surface area contributed by atoms with Crippen LogP contribution in [0, 0.1) is 17.3 Å². The number of carbonyl (C=O) groups excluding carboxylic acids is 1. The predicted molar refractivity (Wildman–Crippen MR) is 127 cm³/mol. The van der Waals surface area contributed by atoms with Crippen LogP contribution in [0.5, 0.6) is 0 Å². The van der Waals surface area contributed by atoms with Crippen molar-refractivity contribution in [2.24, 2.45) is 27.2 Å². The highest BCUT2D eigenvalue weighted by molar-refractivity contribution is 6.51. The summed E-state index contributed by atoms with van der Waals surface area (Å²) in [5.41, 5.74) is 4.46. The minimum absolute atomic E-state index is 0.0247. The van der Waals surface area contributed by atoms with E-state index >= 15 is 0 Å². The zero-order valence-electron chi connectivity index (χ0n) is 19.3. The van der Waals surface area contributed by atoms with Gasteiger partial charge >= 0.3 is 0 Å². The molecule has 32 heavy (non-hydrogen) atoms. The molecule has 2 aromatic rings. The molecule has 1 amide bonds. The quantitative estimate of drug-likeness (QED) is 0.670. The molecule has 168 valence electrons. The summed E-state index contributed by atoms with van der Waals surface area (Å²) in [6.07, 6.45) is 7.64. The van der Waals surface area contributed by atoms with Crippen LogP contribution in [0.4, 0.5) is 5.69 Å². The number of benzene rings is 1. The van der Waals surface area contributed by atoms with Crippen LogP contribution >= 0.6 is 0 Å². The Morgan fingerprint density at radius 2 is 1.69 bits per heavy atom. The van der Waals surface area contributed by atoms with E-state index in [2.05, 4.69) is 25.9 Å². The minimum Gasteiger partial charge on any atom is -0.364 e. The van der Waals surface area contributed by atoms with E-state index in [1.54, 1.807) is 6.26 Å². The lowest BCUT2D eigenvalue weighted by Crippen LogP contribution is -2.46. The zero-order valence-corrected chi connectivity index (χ0v) is 19.3. The van der Waals surface area contributed by atoms with Gasteiger partial charge in [0, 0.05) is 28.4 Å². The smallest absolute Gasteiger partial charge is 0.273 e. The number of amides is 1. The van der Waals surface area contributed by atoms with Gasteiger partial charge in [-0.2, -0.15) is 0 Å². The van der Waals surface area contributed by atoms with Crippen LogP contribution in [0.2, 0.25) is 0 Å². The van der Waals surface area contributed by atoms with Crippen LogP contribution in [0.3, 0.4) is 0 Å². The Morgan fingerprint density at radius 3 is 2.34 bits per heavy atom. The first-order chi connectivity index (χ1) is 15.4. The molecular formula is C26H32N4O2. The molecule has 0 N–H and O–H groups in total. The highest BCUT2D eigenvalue weighted by atomic mass is 16.5. The molecule has 2 unspecified atom stereocenters. The molecule has 1 saturated heterocycles. The molecule has 1 aliphatic carbocycles. The van der Waals surface area contributed by atoms with Gasteiger partial charge in [-0.1, -0.05) is 57.3 Å². The molecule has 0 radical (unpaired) electrons. The van der Waals surface area contributed by atoms with Crippen molar-refractivity contribution in [3.8, 4) is 11.3 Å². The van der Waals surface area contributed by atoms with Gasteiger partial charge in [0.15, 0.2) is 0 Å². The van der Waals surface area contributed by atoms with Crippen LogP contribution in [-0.2, 0) is 4.79 Å². The molecule has 2 atom stereocenters. The maximum Gasteiger partial charge on any atom is 0.273 e. The van der Waals surface area contributed by atoms with Crippen LogP contribution < -0.4 is 4.90 Å². The maximum absolute atomic E-state index is 13.8. The Morgan fingerprint density at radius 1 is 0.969 bits per heavy atom. The fourth-order valence-electron chi connectivity index (χ4n) is 5.71. The van der Waals surface area contributed by atoms with Crippen LogP contribution in [0.15, 0.2) is 51.1 Å². The second kappa shape index (κ2) is 8.30. The van der Waals surface area contributed by atoms with E-state index in [0.717, 1.165) is 35.5 Å². The SMILES string of the molecule is CC(C)(C)C1=NCCN=C2C(=O)N(c3ccc(-c4ccon4)cc3)C(C3CCCCC3)C21. The number of carbonyl (C=O) groups is 1. The number of aliphatic imine (C=N–C) groups is 2. The topological polar surface area (TPSA) is 71.1 Å². The first-order valence-electron chi connectivity index (χ1n) is 11.9. The van der Waals surface area contributed by atoms with Gasteiger partial charge in [0.1, 0.15) is 17.7 Å². The minimum atomic E-state index is -0.101. The van der Waals surface area contributed by atoms with Gasteiger partial charge in [-0.3, -0.25) is 14.8 Å². The summed E-state index contributed by atoms with van der Waals surface area (Å²) in [7, 11) is 0. The third kappa shape index (κ3) is 3.70. The third-order valence-corrected chi connectivity index (χ3v) is 7.11. The maximum atomic E-state index is 13.8. The van der Waals surface area contributed by atoms with Crippen molar-refractivity contribution in [2.75, 3.05) is 18.0 Å². The molecule has 3 heterocycles.